The summed E-state index contributed by atoms with van der Waals surface area (Å²) in [6.07, 6.45) is 0.298. The number of carbonyl (C=O) groups is 2. The maximum Gasteiger partial charge on any atom is 0.410 e. The number of ether oxygens (including phenoxy) is 3. The van der Waals surface area contributed by atoms with Gasteiger partial charge in [0.1, 0.15) is 12.4 Å². The van der Waals surface area contributed by atoms with E-state index in [4.69, 9.17) is 24.6 Å². The van der Waals surface area contributed by atoms with Crippen molar-refractivity contribution in [3.8, 4) is 11.1 Å². The molecule has 2 N–H and O–H groups in total. The van der Waals surface area contributed by atoms with Crippen LogP contribution in [-0.2, 0) is 20.8 Å². The number of hydrogen-bond donors (Lipinski definition) is 2. The molecule has 1 amide bonds. The third-order valence-electron chi connectivity index (χ3n) is 7.90. The molecule has 1 aromatic heterocycles. The minimum atomic E-state index is -0.526. The minimum absolute atomic E-state index is 0.0924. The van der Waals surface area contributed by atoms with Gasteiger partial charge in [-0.15, -0.1) is 0 Å². The first kappa shape index (κ1) is 31.0. The molecule has 3 aromatic rings. The molecule has 3 heterocycles. The van der Waals surface area contributed by atoms with Crippen LogP contribution in [0, 0.1) is 11.3 Å². The number of nitrogens with one attached hydrogen (secondary N) is 2. The molecular weight excluding hydrogens is 558 g/mol. The summed E-state index contributed by atoms with van der Waals surface area (Å²) in [5.41, 5.74) is 4.83. The molecule has 0 radical (unpaired) electrons. The predicted molar refractivity (Wildman–Crippen MR) is 171 cm³/mol. The summed E-state index contributed by atoms with van der Waals surface area (Å²) in [6.45, 7) is 10.1. The second kappa shape index (κ2) is 14.4. The van der Waals surface area contributed by atoms with E-state index in [1.165, 1.54) is 0 Å². The summed E-state index contributed by atoms with van der Waals surface area (Å²) >= 11 is 0. The molecule has 5 rings (SSSR count). The topological polar surface area (TPSA) is 117 Å². The molecule has 2 fully saturated rings. The van der Waals surface area contributed by atoms with Gasteiger partial charge in [0.15, 0.2) is 5.69 Å². The van der Waals surface area contributed by atoms with Gasteiger partial charge in [-0.2, -0.15) is 0 Å². The first-order valence-corrected chi connectivity index (χ1v) is 15.3. The lowest BCUT2D eigenvalue weighted by molar-refractivity contribution is 0.0519. The van der Waals surface area contributed by atoms with E-state index in [2.05, 4.69) is 22.3 Å². The highest BCUT2D eigenvalue weighted by Gasteiger charge is 2.30. The molecule has 2 aromatic carbocycles. The van der Waals surface area contributed by atoms with Crippen LogP contribution in [0.3, 0.4) is 0 Å². The first-order chi connectivity index (χ1) is 21.3. The number of nitrogens with zero attached hydrogens (tertiary/aromatic N) is 3. The third-order valence-corrected chi connectivity index (χ3v) is 7.90. The fourth-order valence-electron chi connectivity index (χ4n) is 5.47. The van der Waals surface area contributed by atoms with Gasteiger partial charge in [-0.3, -0.25) is 0 Å². The van der Waals surface area contributed by atoms with Crippen LogP contribution in [0.15, 0.2) is 60.7 Å². The number of hydrogen-bond acceptors (Lipinski definition) is 9. The molecule has 1 unspecified atom stereocenters. The minimum Gasteiger partial charge on any atom is -0.461 e. The van der Waals surface area contributed by atoms with Gasteiger partial charge < -0.3 is 34.7 Å². The summed E-state index contributed by atoms with van der Waals surface area (Å²) in [6, 6.07) is 19.4. The van der Waals surface area contributed by atoms with Crippen LogP contribution in [0.25, 0.3) is 11.1 Å². The monoisotopic (exact) mass is 599 g/mol. The lowest BCUT2D eigenvalue weighted by Crippen LogP contribution is -2.36. The zero-order valence-electron chi connectivity index (χ0n) is 25.7. The quantitative estimate of drug-likeness (QED) is 0.228. The number of morpholine rings is 1. The third kappa shape index (κ3) is 7.37. The van der Waals surface area contributed by atoms with E-state index < -0.39 is 5.97 Å². The number of pyridine rings is 1. The molecule has 1 atom stereocenters. The lowest BCUT2D eigenvalue weighted by atomic mass is 9.91. The maximum atomic E-state index is 13.0. The van der Waals surface area contributed by atoms with Crippen molar-refractivity contribution in [3.63, 3.8) is 0 Å². The molecule has 0 bridgehead atoms. The molecule has 10 nitrogen and oxygen atoms in total. The lowest BCUT2D eigenvalue weighted by Gasteiger charge is -2.29. The zero-order valence-corrected chi connectivity index (χ0v) is 25.7. The number of anilines is 2. The van der Waals surface area contributed by atoms with Gasteiger partial charge in [-0.25, -0.2) is 14.6 Å². The van der Waals surface area contributed by atoms with Gasteiger partial charge in [0.05, 0.1) is 19.8 Å². The molecule has 2 aliphatic rings. The standard InChI is InChI=1S/C34H41N5O5/c1-4-43-33(40)29-20-28(25-10-12-27(13-11-25)38-16-18-42-19-17-38)30(31(35)23(2)3)32(37-29)36-26-14-15-39(21-26)34(41)44-22-24-8-6-5-7-9-24/h5-13,20,23,26,35H,4,14-19,21-22H2,1-3H3,(H,36,37). The van der Waals surface area contributed by atoms with Crippen LogP contribution in [0.1, 0.15) is 48.8 Å². The Kier molecular flexibility index (Phi) is 10.1. The van der Waals surface area contributed by atoms with Gasteiger partial charge in [0.2, 0.25) is 0 Å². The molecular formula is C34H41N5O5. The Bertz CT molecular complexity index is 1450. The number of carbonyl (C=O) groups excluding carboxylic acids is 2. The molecule has 2 aliphatic heterocycles. The van der Waals surface area contributed by atoms with Crippen molar-refractivity contribution in [2.24, 2.45) is 5.92 Å². The van der Waals surface area contributed by atoms with E-state index in [1.54, 1.807) is 17.9 Å². The highest BCUT2D eigenvalue weighted by atomic mass is 16.6. The van der Waals surface area contributed by atoms with Crippen molar-refractivity contribution >= 4 is 29.3 Å². The van der Waals surface area contributed by atoms with Crippen molar-refractivity contribution in [2.45, 2.75) is 39.8 Å². The largest absolute Gasteiger partial charge is 0.461 e. The highest BCUT2D eigenvalue weighted by Crippen LogP contribution is 2.34. The highest BCUT2D eigenvalue weighted by molar-refractivity contribution is 6.10. The van der Waals surface area contributed by atoms with Crippen LogP contribution in [-0.4, -0.2) is 79.7 Å². The van der Waals surface area contributed by atoms with E-state index in [1.807, 2.05) is 56.3 Å². The van der Waals surface area contributed by atoms with Crippen molar-refractivity contribution in [2.75, 3.05) is 56.2 Å². The Hall–Kier alpha value is -4.44. The van der Waals surface area contributed by atoms with Crippen LogP contribution >= 0.6 is 0 Å². The smallest absolute Gasteiger partial charge is 0.410 e. The van der Waals surface area contributed by atoms with Gasteiger partial charge in [-0.1, -0.05) is 56.3 Å². The number of likely N-dealkylation sites (tertiary alicyclic amines) is 1. The van der Waals surface area contributed by atoms with E-state index in [0.717, 1.165) is 35.5 Å². The van der Waals surface area contributed by atoms with Crippen molar-refractivity contribution in [1.29, 1.82) is 5.41 Å². The van der Waals surface area contributed by atoms with Crippen LogP contribution in [0.5, 0.6) is 0 Å². The Morgan fingerprint density at radius 1 is 1.05 bits per heavy atom. The average Bonchev–Trinajstić information content (AvgIpc) is 3.52. The SMILES string of the molecule is CCOC(=O)c1cc(-c2ccc(N3CCOCC3)cc2)c(C(=N)C(C)C)c(NC2CCN(C(=O)OCc3ccccc3)C2)n1. The zero-order chi connectivity index (χ0) is 31.1. The number of rotatable bonds is 10. The summed E-state index contributed by atoms with van der Waals surface area (Å²) in [4.78, 5) is 34.5. The van der Waals surface area contributed by atoms with Crippen LogP contribution in [0.2, 0.25) is 0 Å². The maximum absolute atomic E-state index is 13.0. The van der Waals surface area contributed by atoms with Crippen molar-refractivity contribution in [1.82, 2.24) is 9.88 Å². The number of amides is 1. The molecule has 0 spiro atoms. The van der Waals surface area contributed by atoms with E-state index in [-0.39, 0.29) is 37.0 Å². The first-order valence-electron chi connectivity index (χ1n) is 15.3. The van der Waals surface area contributed by atoms with Crippen molar-refractivity contribution < 1.29 is 23.8 Å². The van der Waals surface area contributed by atoms with Gasteiger partial charge in [-0.05, 0) is 54.2 Å². The summed E-state index contributed by atoms with van der Waals surface area (Å²) < 4.78 is 16.4. The Balaban J connectivity index is 1.42. The predicted octanol–water partition coefficient (Wildman–Crippen LogP) is 5.61. The molecule has 232 valence electrons. The van der Waals surface area contributed by atoms with Crippen LogP contribution < -0.4 is 10.2 Å². The van der Waals surface area contributed by atoms with E-state index >= 15 is 0 Å². The van der Waals surface area contributed by atoms with E-state index in [0.29, 0.717) is 49.8 Å². The number of benzene rings is 2. The number of esters is 1. The number of aromatic nitrogens is 1. The normalized spacial score (nSPS) is 16.6. The molecule has 10 heteroatoms. The van der Waals surface area contributed by atoms with E-state index in [9.17, 15) is 9.59 Å². The molecule has 0 aliphatic carbocycles. The van der Waals surface area contributed by atoms with Crippen LogP contribution in [0.4, 0.5) is 16.3 Å². The molecule has 44 heavy (non-hydrogen) atoms. The summed E-state index contributed by atoms with van der Waals surface area (Å²) in [5.74, 6) is -0.182. The van der Waals surface area contributed by atoms with Crippen molar-refractivity contribution in [3.05, 3.63) is 77.5 Å². The summed E-state index contributed by atoms with van der Waals surface area (Å²) in [7, 11) is 0. The Morgan fingerprint density at radius 2 is 1.77 bits per heavy atom. The van der Waals surface area contributed by atoms with Gasteiger partial charge >= 0.3 is 12.1 Å². The Labute approximate surface area is 258 Å². The fourth-order valence-corrected chi connectivity index (χ4v) is 5.47. The Morgan fingerprint density at radius 3 is 2.45 bits per heavy atom. The van der Waals surface area contributed by atoms with Gasteiger partial charge in [0.25, 0.3) is 0 Å². The van der Waals surface area contributed by atoms with Gasteiger partial charge in [0, 0.05) is 49.2 Å². The molecule has 2 saturated heterocycles. The second-order valence-electron chi connectivity index (χ2n) is 11.3. The summed E-state index contributed by atoms with van der Waals surface area (Å²) in [5, 5.41) is 12.6. The molecule has 0 saturated carbocycles. The second-order valence-corrected chi connectivity index (χ2v) is 11.3. The fraction of sp³-hybridized carbons (Fsp3) is 0.412. The average molecular weight is 600 g/mol.